The Morgan fingerprint density at radius 3 is 1.82 bits per heavy atom. The average Bonchev–Trinajstić information content (AvgIpc) is 2.51. The highest BCUT2D eigenvalue weighted by Gasteiger charge is 2.43. The molecule has 0 radical (unpaired) electrons. The second kappa shape index (κ2) is 3.62. The number of carbonyl (C=O) groups excluding carboxylic acids is 2. The molecule has 3 nitrogen and oxygen atoms in total. The standard InChI is InChI=1S/C14H15NO2/c1-14(2,3)13(15)10-11(16)8-6-4-5-7-9(8)12(10)17/h4-7,10,15H,1-3H3. The first-order valence-electron chi connectivity index (χ1n) is 5.60. The van der Waals surface area contributed by atoms with Gasteiger partial charge in [-0.1, -0.05) is 45.0 Å². The predicted octanol–water partition coefficient (Wildman–Crippen LogP) is 2.75. The molecule has 17 heavy (non-hydrogen) atoms. The molecular formula is C14H15NO2. The van der Waals surface area contributed by atoms with E-state index in [-0.39, 0.29) is 17.3 Å². The zero-order valence-electron chi connectivity index (χ0n) is 10.2. The molecule has 0 atom stereocenters. The van der Waals surface area contributed by atoms with Crippen LogP contribution in [0.1, 0.15) is 41.5 Å². The smallest absolute Gasteiger partial charge is 0.180 e. The minimum Gasteiger partial charge on any atom is -0.308 e. The zero-order chi connectivity index (χ0) is 12.8. The van der Waals surface area contributed by atoms with Gasteiger partial charge < -0.3 is 5.41 Å². The van der Waals surface area contributed by atoms with Gasteiger partial charge in [0, 0.05) is 22.3 Å². The molecule has 0 saturated heterocycles. The number of carbonyl (C=O) groups is 2. The Morgan fingerprint density at radius 2 is 1.47 bits per heavy atom. The molecule has 0 unspecified atom stereocenters. The van der Waals surface area contributed by atoms with Crippen LogP contribution in [0.5, 0.6) is 0 Å². The molecule has 0 heterocycles. The van der Waals surface area contributed by atoms with E-state index < -0.39 is 11.3 Å². The van der Waals surface area contributed by atoms with Crippen molar-refractivity contribution in [2.45, 2.75) is 20.8 Å². The van der Waals surface area contributed by atoms with Gasteiger partial charge in [-0.3, -0.25) is 9.59 Å². The summed E-state index contributed by atoms with van der Waals surface area (Å²) in [5, 5.41) is 8.03. The van der Waals surface area contributed by atoms with Crippen LogP contribution < -0.4 is 0 Å². The Morgan fingerprint density at radius 1 is 1.06 bits per heavy atom. The van der Waals surface area contributed by atoms with Gasteiger partial charge in [-0.25, -0.2) is 0 Å². The maximum absolute atomic E-state index is 12.1. The fourth-order valence-electron chi connectivity index (χ4n) is 2.04. The molecule has 88 valence electrons. The Labute approximate surface area is 100 Å². The number of ketones is 2. The van der Waals surface area contributed by atoms with E-state index in [9.17, 15) is 9.59 Å². The predicted molar refractivity (Wildman–Crippen MR) is 65.8 cm³/mol. The van der Waals surface area contributed by atoms with Crippen molar-refractivity contribution in [3.63, 3.8) is 0 Å². The fraction of sp³-hybridized carbons (Fsp3) is 0.357. The third-order valence-corrected chi connectivity index (χ3v) is 3.08. The highest BCUT2D eigenvalue weighted by Crippen LogP contribution is 2.32. The minimum atomic E-state index is -0.910. The molecular weight excluding hydrogens is 214 g/mol. The van der Waals surface area contributed by atoms with Gasteiger partial charge in [0.05, 0.1) is 0 Å². The number of nitrogens with one attached hydrogen (secondary N) is 1. The van der Waals surface area contributed by atoms with Crippen LogP contribution in [0.4, 0.5) is 0 Å². The lowest BCUT2D eigenvalue weighted by Gasteiger charge is -2.22. The van der Waals surface area contributed by atoms with Gasteiger partial charge in [-0.05, 0) is 0 Å². The Kier molecular flexibility index (Phi) is 2.49. The molecule has 0 amide bonds. The van der Waals surface area contributed by atoms with Gasteiger partial charge in [-0.15, -0.1) is 0 Å². The molecule has 0 aromatic heterocycles. The summed E-state index contributed by atoms with van der Waals surface area (Å²) in [6.07, 6.45) is 0. The quantitative estimate of drug-likeness (QED) is 0.594. The third-order valence-electron chi connectivity index (χ3n) is 3.08. The lowest BCUT2D eigenvalue weighted by atomic mass is 9.80. The molecule has 1 aromatic rings. The lowest BCUT2D eigenvalue weighted by molar-refractivity contribution is 0.0877. The topological polar surface area (TPSA) is 58.0 Å². The van der Waals surface area contributed by atoms with Gasteiger partial charge in [0.1, 0.15) is 5.92 Å². The molecule has 0 fully saturated rings. The van der Waals surface area contributed by atoms with E-state index in [1.54, 1.807) is 24.3 Å². The second-order valence-corrected chi connectivity index (χ2v) is 5.37. The molecule has 1 aromatic carbocycles. The van der Waals surface area contributed by atoms with E-state index in [0.717, 1.165) is 0 Å². The Balaban J connectivity index is 2.47. The molecule has 0 spiro atoms. The number of rotatable bonds is 1. The van der Waals surface area contributed by atoms with Crippen molar-refractivity contribution in [2.24, 2.45) is 11.3 Å². The van der Waals surface area contributed by atoms with Crippen LogP contribution in [0.15, 0.2) is 24.3 Å². The lowest BCUT2D eigenvalue weighted by Crippen LogP contribution is -2.34. The summed E-state index contributed by atoms with van der Waals surface area (Å²) in [5.41, 5.74) is 0.648. The summed E-state index contributed by atoms with van der Waals surface area (Å²) < 4.78 is 0. The van der Waals surface area contributed by atoms with Crippen molar-refractivity contribution in [3.8, 4) is 0 Å². The SMILES string of the molecule is CC(C)(C)C(=N)C1C(=O)c2ccccc2C1=O. The molecule has 1 aliphatic rings. The first-order chi connectivity index (χ1) is 7.84. The van der Waals surface area contributed by atoms with Gasteiger partial charge >= 0.3 is 0 Å². The van der Waals surface area contributed by atoms with Crippen LogP contribution in [-0.2, 0) is 0 Å². The van der Waals surface area contributed by atoms with Crippen molar-refractivity contribution >= 4 is 17.3 Å². The number of hydrogen-bond donors (Lipinski definition) is 1. The largest absolute Gasteiger partial charge is 0.308 e. The van der Waals surface area contributed by atoms with Crippen LogP contribution >= 0.6 is 0 Å². The monoisotopic (exact) mass is 229 g/mol. The van der Waals surface area contributed by atoms with Gasteiger partial charge in [0.2, 0.25) is 0 Å². The fourth-order valence-corrected chi connectivity index (χ4v) is 2.04. The molecule has 0 saturated carbocycles. The first-order valence-corrected chi connectivity index (χ1v) is 5.60. The number of fused-ring (bicyclic) bond motifs is 1. The second-order valence-electron chi connectivity index (χ2n) is 5.37. The van der Waals surface area contributed by atoms with Crippen LogP contribution in [-0.4, -0.2) is 17.3 Å². The van der Waals surface area contributed by atoms with Crippen LogP contribution in [0.2, 0.25) is 0 Å². The van der Waals surface area contributed by atoms with E-state index in [2.05, 4.69) is 0 Å². The maximum Gasteiger partial charge on any atom is 0.180 e. The highest BCUT2D eigenvalue weighted by atomic mass is 16.2. The summed E-state index contributed by atoms with van der Waals surface area (Å²) >= 11 is 0. The Bertz CT molecular complexity index is 488. The molecule has 1 aliphatic carbocycles. The van der Waals surface area contributed by atoms with Crippen molar-refractivity contribution < 1.29 is 9.59 Å². The molecule has 2 rings (SSSR count). The summed E-state index contributed by atoms with van der Waals surface area (Å²) in [5.74, 6) is -1.37. The molecule has 0 bridgehead atoms. The summed E-state index contributed by atoms with van der Waals surface area (Å²) in [6.45, 7) is 5.54. The zero-order valence-corrected chi connectivity index (χ0v) is 10.2. The van der Waals surface area contributed by atoms with Gasteiger partial charge in [0.15, 0.2) is 11.6 Å². The maximum atomic E-state index is 12.1. The number of benzene rings is 1. The van der Waals surface area contributed by atoms with Crippen molar-refractivity contribution in [1.29, 1.82) is 5.41 Å². The number of hydrogen-bond acceptors (Lipinski definition) is 3. The van der Waals surface area contributed by atoms with Crippen LogP contribution in [0, 0.1) is 16.7 Å². The van der Waals surface area contributed by atoms with E-state index in [1.165, 1.54) is 0 Å². The molecule has 3 heteroatoms. The first kappa shape index (κ1) is 11.7. The third kappa shape index (κ3) is 1.71. The minimum absolute atomic E-state index is 0.198. The summed E-state index contributed by atoms with van der Waals surface area (Å²) in [6, 6.07) is 6.80. The summed E-state index contributed by atoms with van der Waals surface area (Å²) in [7, 11) is 0. The van der Waals surface area contributed by atoms with Crippen LogP contribution in [0.3, 0.4) is 0 Å². The van der Waals surface area contributed by atoms with Crippen molar-refractivity contribution in [2.75, 3.05) is 0 Å². The van der Waals surface area contributed by atoms with Crippen molar-refractivity contribution in [1.82, 2.24) is 0 Å². The number of Topliss-reactive ketones (excluding diaryl/α,β-unsaturated/α-hetero) is 2. The van der Waals surface area contributed by atoms with E-state index >= 15 is 0 Å². The van der Waals surface area contributed by atoms with Crippen LogP contribution in [0.25, 0.3) is 0 Å². The van der Waals surface area contributed by atoms with Gasteiger partial charge in [-0.2, -0.15) is 0 Å². The van der Waals surface area contributed by atoms with Crippen molar-refractivity contribution in [3.05, 3.63) is 35.4 Å². The van der Waals surface area contributed by atoms with E-state index in [4.69, 9.17) is 5.41 Å². The van der Waals surface area contributed by atoms with Gasteiger partial charge in [0.25, 0.3) is 0 Å². The van der Waals surface area contributed by atoms with E-state index in [0.29, 0.717) is 11.1 Å². The normalized spacial score (nSPS) is 16.2. The van der Waals surface area contributed by atoms with E-state index in [1.807, 2.05) is 20.8 Å². The Hall–Kier alpha value is -1.77. The highest BCUT2D eigenvalue weighted by molar-refractivity contribution is 6.36. The summed E-state index contributed by atoms with van der Waals surface area (Å²) in [4.78, 5) is 24.3. The average molecular weight is 229 g/mol. The molecule has 1 N–H and O–H groups in total. The molecule has 0 aliphatic heterocycles.